The van der Waals surface area contributed by atoms with Gasteiger partial charge in [0.15, 0.2) is 0 Å². The van der Waals surface area contributed by atoms with E-state index in [9.17, 15) is 26.8 Å². The van der Waals surface area contributed by atoms with Gasteiger partial charge in [0, 0.05) is 5.92 Å². The van der Waals surface area contributed by atoms with Crippen molar-refractivity contribution in [2.45, 2.75) is 37.2 Å². The molecule has 2 fully saturated rings. The largest absolute Gasteiger partial charge is 0.465 e. The van der Waals surface area contributed by atoms with Crippen molar-refractivity contribution in [2.75, 3.05) is 0 Å². The highest BCUT2D eigenvalue weighted by Crippen LogP contribution is 2.43. The summed E-state index contributed by atoms with van der Waals surface area (Å²) in [5.41, 5.74) is 0. The highest BCUT2D eigenvalue weighted by Gasteiger charge is 2.56. The van der Waals surface area contributed by atoms with Gasteiger partial charge in [-0.25, -0.2) is 4.79 Å². The molecule has 0 spiro atoms. The van der Waals surface area contributed by atoms with Crippen LogP contribution < -0.4 is 0 Å². The first-order valence-corrected chi connectivity index (χ1v) is 7.24. The molecule has 4 unspecified atom stereocenters. The van der Waals surface area contributed by atoms with E-state index in [-0.39, 0.29) is 18.8 Å². The second kappa shape index (κ2) is 4.62. The molecule has 4 atom stereocenters. The van der Waals surface area contributed by atoms with E-state index in [2.05, 4.69) is 4.74 Å². The first-order valence-electron chi connectivity index (χ1n) is 5.80. The topological polar surface area (TPSA) is 107 Å². The van der Waals surface area contributed by atoms with E-state index in [1.54, 1.807) is 6.92 Å². The minimum absolute atomic E-state index is 0.00113. The summed E-state index contributed by atoms with van der Waals surface area (Å²) in [7, 11) is -5.88. The Morgan fingerprint density at radius 2 is 2.05 bits per heavy atom. The van der Waals surface area contributed by atoms with E-state index in [0.29, 0.717) is 0 Å². The maximum atomic E-state index is 13.0. The van der Waals surface area contributed by atoms with E-state index in [4.69, 9.17) is 9.29 Å². The fourth-order valence-electron chi connectivity index (χ4n) is 2.59. The van der Waals surface area contributed by atoms with Crippen LogP contribution in [0.4, 0.5) is 8.78 Å². The zero-order chi connectivity index (χ0) is 15.3. The maximum absolute atomic E-state index is 13.0. The van der Waals surface area contributed by atoms with Gasteiger partial charge in [0.05, 0.1) is 5.92 Å². The van der Waals surface area contributed by atoms with Crippen molar-refractivity contribution in [3.8, 4) is 0 Å². The summed E-state index contributed by atoms with van der Waals surface area (Å²) in [6.45, 7) is 1.64. The number of alkyl halides is 2. The van der Waals surface area contributed by atoms with Gasteiger partial charge in [0.1, 0.15) is 12.2 Å². The quantitative estimate of drug-likeness (QED) is 0.591. The van der Waals surface area contributed by atoms with Crippen LogP contribution in [-0.2, 0) is 29.2 Å². The predicted molar refractivity (Wildman–Crippen MR) is 58.1 cm³/mol. The molecule has 0 aromatic rings. The molecule has 10 heteroatoms. The highest BCUT2D eigenvalue weighted by atomic mass is 32.2. The number of ether oxygens (including phenoxy) is 2. The van der Waals surface area contributed by atoms with Gasteiger partial charge >= 0.3 is 27.3 Å². The standard InChI is InChI=1S/C10H12F2O7S/c1-4-6-2-5(3-7(6)8(13)18-4)19-9(14)10(11,12)20(15,16)17/h4-7H,2-3H2,1H3,(H,15,16,17). The molecule has 1 saturated heterocycles. The van der Waals surface area contributed by atoms with E-state index in [1.807, 2.05) is 0 Å². The lowest BCUT2D eigenvalue weighted by molar-refractivity contribution is -0.168. The number of carbonyl (C=O) groups is 2. The van der Waals surface area contributed by atoms with Crippen LogP contribution in [-0.4, -0.2) is 42.4 Å². The van der Waals surface area contributed by atoms with Crippen LogP contribution in [0.1, 0.15) is 19.8 Å². The summed E-state index contributed by atoms with van der Waals surface area (Å²) in [4.78, 5) is 22.5. The smallest absolute Gasteiger partial charge is 0.462 e. The Bertz CT molecular complexity index is 544. The third kappa shape index (κ3) is 2.37. The third-order valence-electron chi connectivity index (χ3n) is 3.61. The Kier molecular flexibility index (Phi) is 3.49. The molecule has 0 bridgehead atoms. The highest BCUT2D eigenvalue weighted by molar-refractivity contribution is 7.87. The van der Waals surface area contributed by atoms with Crippen molar-refractivity contribution in [3.63, 3.8) is 0 Å². The van der Waals surface area contributed by atoms with E-state index < -0.39 is 45.4 Å². The molecule has 1 saturated carbocycles. The summed E-state index contributed by atoms with van der Waals surface area (Å²) in [5.74, 6) is -3.62. The number of carbonyl (C=O) groups excluding carboxylic acids is 2. The summed E-state index contributed by atoms with van der Waals surface area (Å²) in [5, 5.41) is -5.02. The van der Waals surface area contributed by atoms with Crippen LogP contribution in [0.2, 0.25) is 0 Å². The SMILES string of the molecule is CC1OC(=O)C2CC(OC(=O)C(F)(F)S(=O)(=O)O)CC12. The zero-order valence-electron chi connectivity index (χ0n) is 10.3. The number of rotatable bonds is 3. The molecule has 0 radical (unpaired) electrons. The Balaban J connectivity index is 2.03. The molecule has 1 aliphatic heterocycles. The molecule has 0 aromatic carbocycles. The lowest BCUT2D eigenvalue weighted by Gasteiger charge is -2.17. The molecule has 2 rings (SSSR count). The van der Waals surface area contributed by atoms with Crippen molar-refractivity contribution in [1.82, 2.24) is 0 Å². The maximum Gasteiger partial charge on any atom is 0.465 e. The van der Waals surface area contributed by atoms with Crippen LogP contribution >= 0.6 is 0 Å². The second-order valence-electron chi connectivity index (χ2n) is 4.90. The number of halogens is 2. The molecule has 1 heterocycles. The molecule has 0 amide bonds. The van der Waals surface area contributed by atoms with Gasteiger partial charge in [-0.3, -0.25) is 9.35 Å². The Morgan fingerprint density at radius 1 is 1.45 bits per heavy atom. The molecular weight excluding hydrogens is 302 g/mol. The molecule has 7 nitrogen and oxygen atoms in total. The lowest BCUT2D eigenvalue weighted by Crippen LogP contribution is -2.40. The molecular formula is C10H12F2O7S. The minimum Gasteiger partial charge on any atom is -0.462 e. The predicted octanol–water partition coefficient (Wildman–Crippen LogP) is 0.350. The van der Waals surface area contributed by atoms with E-state index in [0.717, 1.165) is 0 Å². The van der Waals surface area contributed by atoms with Crippen LogP contribution in [0.3, 0.4) is 0 Å². The fraction of sp³-hybridized carbons (Fsp3) is 0.800. The third-order valence-corrected chi connectivity index (χ3v) is 4.43. The van der Waals surface area contributed by atoms with Crippen LogP contribution in [0.25, 0.3) is 0 Å². The first-order chi connectivity index (χ1) is 9.04. The lowest BCUT2D eigenvalue weighted by atomic mass is 9.95. The molecule has 1 aliphatic carbocycles. The molecule has 2 aliphatic rings. The van der Waals surface area contributed by atoms with Crippen LogP contribution in [0.15, 0.2) is 0 Å². The van der Waals surface area contributed by atoms with Crippen molar-refractivity contribution in [3.05, 3.63) is 0 Å². The van der Waals surface area contributed by atoms with Gasteiger partial charge in [0.25, 0.3) is 0 Å². The average molecular weight is 314 g/mol. The van der Waals surface area contributed by atoms with Crippen molar-refractivity contribution < 1.29 is 40.8 Å². The average Bonchev–Trinajstić information content (AvgIpc) is 2.80. The summed E-state index contributed by atoms with van der Waals surface area (Å²) in [6.07, 6.45) is -1.27. The normalized spacial score (nSPS) is 33.7. The van der Waals surface area contributed by atoms with Gasteiger partial charge < -0.3 is 9.47 Å². The number of fused-ring (bicyclic) bond motifs is 1. The Labute approximate surface area is 113 Å². The second-order valence-corrected chi connectivity index (χ2v) is 6.37. The number of hydrogen-bond acceptors (Lipinski definition) is 6. The van der Waals surface area contributed by atoms with Crippen LogP contribution in [0, 0.1) is 11.8 Å². The Hall–Kier alpha value is -1.29. The molecule has 20 heavy (non-hydrogen) atoms. The van der Waals surface area contributed by atoms with Gasteiger partial charge in [-0.15, -0.1) is 0 Å². The summed E-state index contributed by atoms with van der Waals surface area (Å²) in [6, 6.07) is 0. The molecule has 1 N–H and O–H groups in total. The van der Waals surface area contributed by atoms with Gasteiger partial charge in [-0.05, 0) is 19.8 Å². The summed E-state index contributed by atoms with van der Waals surface area (Å²) >= 11 is 0. The number of cyclic esters (lactones) is 1. The molecule has 0 aromatic heterocycles. The molecule has 114 valence electrons. The zero-order valence-corrected chi connectivity index (χ0v) is 11.1. The van der Waals surface area contributed by atoms with Gasteiger partial charge in [-0.1, -0.05) is 0 Å². The van der Waals surface area contributed by atoms with Crippen molar-refractivity contribution in [1.29, 1.82) is 0 Å². The summed E-state index contributed by atoms with van der Waals surface area (Å²) < 4.78 is 64.5. The van der Waals surface area contributed by atoms with Gasteiger partial charge in [0.2, 0.25) is 0 Å². The van der Waals surface area contributed by atoms with E-state index in [1.165, 1.54) is 0 Å². The van der Waals surface area contributed by atoms with Crippen LogP contribution in [0.5, 0.6) is 0 Å². The minimum atomic E-state index is -5.88. The van der Waals surface area contributed by atoms with E-state index >= 15 is 0 Å². The van der Waals surface area contributed by atoms with Crippen molar-refractivity contribution >= 4 is 22.1 Å². The Morgan fingerprint density at radius 3 is 2.55 bits per heavy atom. The first kappa shape index (κ1) is 15.1. The monoisotopic (exact) mass is 314 g/mol. The fourth-order valence-corrected chi connectivity index (χ4v) is 2.85. The number of esters is 2. The van der Waals surface area contributed by atoms with Crippen molar-refractivity contribution in [2.24, 2.45) is 11.8 Å². The number of hydrogen-bond donors (Lipinski definition) is 1. The van der Waals surface area contributed by atoms with Gasteiger partial charge in [-0.2, -0.15) is 17.2 Å².